The molecule has 0 amide bonds. The van der Waals surface area contributed by atoms with Crippen LogP contribution in [0.15, 0.2) is 36.5 Å². The first-order chi connectivity index (χ1) is 7.18. The maximum atomic E-state index is 5.83. The van der Waals surface area contributed by atoms with Gasteiger partial charge in [-0.2, -0.15) is 0 Å². The zero-order valence-electron chi connectivity index (χ0n) is 8.99. The molecule has 2 aromatic rings. The van der Waals surface area contributed by atoms with Crippen LogP contribution in [0.2, 0.25) is 0 Å². The van der Waals surface area contributed by atoms with Gasteiger partial charge in [0.2, 0.25) is 0 Å². The summed E-state index contributed by atoms with van der Waals surface area (Å²) in [5, 5.41) is 0. The van der Waals surface area contributed by atoms with Gasteiger partial charge in [-0.25, -0.2) is 4.98 Å². The fraction of sp³-hybridized carbons (Fsp3) is 0.154. The molecule has 0 atom stereocenters. The molecule has 2 heteroatoms. The normalized spacial score (nSPS) is 10.3. The van der Waals surface area contributed by atoms with E-state index >= 15 is 0 Å². The van der Waals surface area contributed by atoms with E-state index in [1.54, 1.807) is 6.20 Å². The van der Waals surface area contributed by atoms with Crippen LogP contribution in [0.5, 0.6) is 0 Å². The predicted octanol–water partition coefficient (Wildman–Crippen LogP) is 2.95. The van der Waals surface area contributed by atoms with E-state index in [0.717, 1.165) is 11.1 Å². The van der Waals surface area contributed by atoms with E-state index in [-0.39, 0.29) is 0 Å². The maximum Gasteiger partial charge on any atom is 0.131 e. The number of pyridine rings is 1. The van der Waals surface area contributed by atoms with Crippen LogP contribution in [0.1, 0.15) is 11.1 Å². The molecule has 15 heavy (non-hydrogen) atoms. The highest BCUT2D eigenvalue weighted by atomic mass is 14.8. The molecule has 0 aliphatic heterocycles. The van der Waals surface area contributed by atoms with Gasteiger partial charge in [0.05, 0.1) is 0 Å². The topological polar surface area (TPSA) is 38.9 Å². The fourth-order valence-electron chi connectivity index (χ4n) is 1.57. The Morgan fingerprint density at radius 2 is 1.87 bits per heavy atom. The maximum absolute atomic E-state index is 5.83. The average molecular weight is 198 g/mol. The van der Waals surface area contributed by atoms with Gasteiger partial charge >= 0.3 is 0 Å². The highest BCUT2D eigenvalue weighted by molar-refractivity contribution is 5.74. The molecular weight excluding hydrogens is 184 g/mol. The summed E-state index contributed by atoms with van der Waals surface area (Å²) >= 11 is 0. The second kappa shape index (κ2) is 3.73. The number of rotatable bonds is 1. The number of anilines is 1. The molecule has 0 saturated heterocycles. The molecule has 0 spiro atoms. The number of hydrogen-bond donors (Lipinski definition) is 1. The monoisotopic (exact) mass is 198 g/mol. The number of benzene rings is 1. The number of nitrogens with zero attached hydrogens (tertiary/aromatic N) is 1. The molecule has 0 aliphatic rings. The summed E-state index contributed by atoms with van der Waals surface area (Å²) in [7, 11) is 0. The van der Waals surface area contributed by atoms with Gasteiger partial charge in [-0.15, -0.1) is 0 Å². The molecule has 2 rings (SSSR count). The second-order valence-corrected chi connectivity index (χ2v) is 3.74. The average Bonchev–Trinajstić information content (AvgIpc) is 2.23. The summed E-state index contributed by atoms with van der Waals surface area (Å²) in [6, 6.07) is 10.2. The lowest BCUT2D eigenvalue weighted by molar-refractivity contribution is 1.31. The van der Waals surface area contributed by atoms with Crippen LogP contribution in [0.25, 0.3) is 11.1 Å². The van der Waals surface area contributed by atoms with Crippen molar-refractivity contribution in [3.63, 3.8) is 0 Å². The third-order valence-corrected chi connectivity index (χ3v) is 2.66. The van der Waals surface area contributed by atoms with Gasteiger partial charge in [-0.3, -0.25) is 0 Å². The number of aryl methyl sites for hydroxylation is 2. The quantitative estimate of drug-likeness (QED) is 0.765. The van der Waals surface area contributed by atoms with Gasteiger partial charge in [-0.1, -0.05) is 18.2 Å². The van der Waals surface area contributed by atoms with Crippen LogP contribution in [0, 0.1) is 13.8 Å². The summed E-state index contributed by atoms with van der Waals surface area (Å²) in [6.07, 6.45) is 1.71. The number of nitrogen functional groups attached to an aromatic ring is 1. The van der Waals surface area contributed by atoms with Gasteiger partial charge in [0.1, 0.15) is 5.82 Å². The van der Waals surface area contributed by atoms with Crippen molar-refractivity contribution in [1.82, 2.24) is 4.98 Å². The summed E-state index contributed by atoms with van der Waals surface area (Å²) in [5.41, 5.74) is 10.5. The molecule has 2 nitrogen and oxygen atoms in total. The first-order valence-corrected chi connectivity index (χ1v) is 4.96. The summed E-state index contributed by atoms with van der Waals surface area (Å²) in [5.74, 6) is 0.584. The highest BCUT2D eigenvalue weighted by Crippen LogP contribution is 2.25. The van der Waals surface area contributed by atoms with E-state index in [1.165, 1.54) is 11.1 Å². The third kappa shape index (κ3) is 1.84. The van der Waals surface area contributed by atoms with E-state index < -0.39 is 0 Å². The lowest BCUT2D eigenvalue weighted by Gasteiger charge is -2.07. The fourth-order valence-corrected chi connectivity index (χ4v) is 1.57. The number of hydrogen-bond acceptors (Lipinski definition) is 2. The molecule has 76 valence electrons. The van der Waals surface area contributed by atoms with Crippen molar-refractivity contribution < 1.29 is 0 Å². The Kier molecular flexibility index (Phi) is 2.42. The lowest BCUT2D eigenvalue weighted by Crippen LogP contribution is -1.93. The first kappa shape index (κ1) is 9.71. The van der Waals surface area contributed by atoms with Gasteiger partial charge in [0.25, 0.3) is 0 Å². The van der Waals surface area contributed by atoms with Crippen molar-refractivity contribution in [2.24, 2.45) is 0 Å². The van der Waals surface area contributed by atoms with Crippen LogP contribution in [-0.2, 0) is 0 Å². The SMILES string of the molecule is Cc1ccc(-c2cccnc2N)cc1C. The summed E-state index contributed by atoms with van der Waals surface area (Å²) in [6.45, 7) is 4.21. The van der Waals surface area contributed by atoms with Crippen molar-refractivity contribution in [2.45, 2.75) is 13.8 Å². The molecule has 1 aromatic carbocycles. The van der Waals surface area contributed by atoms with Crippen molar-refractivity contribution in [3.8, 4) is 11.1 Å². The number of nitrogens with two attached hydrogens (primary N) is 1. The van der Waals surface area contributed by atoms with Gasteiger partial charge in [-0.05, 0) is 42.7 Å². The zero-order valence-corrected chi connectivity index (χ0v) is 8.99. The molecule has 1 heterocycles. The lowest BCUT2D eigenvalue weighted by atomic mass is 10.0. The molecular formula is C13H14N2. The summed E-state index contributed by atoms with van der Waals surface area (Å²) < 4.78 is 0. The van der Waals surface area contributed by atoms with Crippen molar-refractivity contribution >= 4 is 5.82 Å². The molecule has 0 unspecified atom stereocenters. The largest absolute Gasteiger partial charge is 0.383 e. The zero-order chi connectivity index (χ0) is 10.8. The molecule has 0 fully saturated rings. The third-order valence-electron chi connectivity index (χ3n) is 2.66. The van der Waals surface area contributed by atoms with E-state index in [2.05, 4.69) is 37.0 Å². The second-order valence-electron chi connectivity index (χ2n) is 3.74. The van der Waals surface area contributed by atoms with Gasteiger partial charge in [0.15, 0.2) is 0 Å². The van der Waals surface area contributed by atoms with Gasteiger partial charge in [0, 0.05) is 11.8 Å². The standard InChI is InChI=1S/C13H14N2/c1-9-5-6-11(8-10(9)2)12-4-3-7-15-13(12)14/h3-8H,1-2H3,(H2,14,15). The first-order valence-electron chi connectivity index (χ1n) is 4.96. The summed E-state index contributed by atoms with van der Waals surface area (Å²) in [4.78, 5) is 4.09. The van der Waals surface area contributed by atoms with Crippen LogP contribution >= 0.6 is 0 Å². The van der Waals surface area contributed by atoms with Crippen molar-refractivity contribution in [3.05, 3.63) is 47.7 Å². The van der Waals surface area contributed by atoms with E-state index in [1.807, 2.05) is 12.1 Å². The highest BCUT2D eigenvalue weighted by Gasteiger charge is 2.03. The van der Waals surface area contributed by atoms with Crippen LogP contribution in [0.4, 0.5) is 5.82 Å². The van der Waals surface area contributed by atoms with Crippen molar-refractivity contribution in [1.29, 1.82) is 0 Å². The van der Waals surface area contributed by atoms with E-state index in [4.69, 9.17) is 5.73 Å². The van der Waals surface area contributed by atoms with Gasteiger partial charge < -0.3 is 5.73 Å². The molecule has 0 radical (unpaired) electrons. The van der Waals surface area contributed by atoms with Crippen LogP contribution in [0.3, 0.4) is 0 Å². The van der Waals surface area contributed by atoms with Crippen LogP contribution in [-0.4, -0.2) is 4.98 Å². The Labute approximate surface area is 89.8 Å². The Bertz CT molecular complexity index is 490. The van der Waals surface area contributed by atoms with E-state index in [0.29, 0.717) is 5.82 Å². The van der Waals surface area contributed by atoms with Crippen LogP contribution < -0.4 is 5.73 Å². The van der Waals surface area contributed by atoms with E-state index in [9.17, 15) is 0 Å². The molecule has 1 aromatic heterocycles. The van der Waals surface area contributed by atoms with Crippen molar-refractivity contribution in [2.75, 3.05) is 5.73 Å². The molecule has 0 aliphatic carbocycles. The molecule has 2 N–H and O–H groups in total. The molecule has 0 bridgehead atoms. The molecule has 0 saturated carbocycles. The Balaban J connectivity index is 2.55. The minimum atomic E-state index is 0.584. The minimum Gasteiger partial charge on any atom is -0.383 e. The minimum absolute atomic E-state index is 0.584. The number of aromatic nitrogens is 1. The Morgan fingerprint density at radius 1 is 1.07 bits per heavy atom. The predicted molar refractivity (Wildman–Crippen MR) is 63.6 cm³/mol. The smallest absolute Gasteiger partial charge is 0.131 e. The Morgan fingerprint density at radius 3 is 2.53 bits per heavy atom. The Hall–Kier alpha value is -1.83.